The molecule has 0 spiro atoms. The molecule has 0 atom stereocenters. The number of nitrogens with zero attached hydrogens (tertiary/aromatic N) is 3. The Bertz CT molecular complexity index is 844. The molecule has 0 aliphatic heterocycles. The minimum atomic E-state index is 0.121. The number of nitrogens with one attached hydrogen (secondary N) is 1. The molecule has 1 N–H and O–H groups in total. The molecule has 0 aliphatic rings. The van der Waals surface area contributed by atoms with E-state index in [0.29, 0.717) is 11.8 Å². The van der Waals surface area contributed by atoms with Crippen LogP contribution in [-0.4, -0.2) is 22.1 Å². The van der Waals surface area contributed by atoms with Gasteiger partial charge in [-0.3, -0.25) is 0 Å². The number of methoxy groups -OCH3 is 1. The van der Waals surface area contributed by atoms with E-state index in [4.69, 9.17) is 16.3 Å². The third kappa shape index (κ3) is 3.97. The van der Waals surface area contributed by atoms with Gasteiger partial charge >= 0.3 is 0 Å². The van der Waals surface area contributed by atoms with Gasteiger partial charge < -0.3 is 10.1 Å². The van der Waals surface area contributed by atoms with Crippen LogP contribution in [0.1, 0.15) is 0 Å². The zero-order valence-electron chi connectivity index (χ0n) is 12.1. The highest BCUT2D eigenvalue weighted by Crippen LogP contribution is 2.24. The third-order valence-corrected chi connectivity index (χ3v) is 3.68. The third-order valence-electron chi connectivity index (χ3n) is 3.02. The highest BCUT2D eigenvalue weighted by atomic mass is 79.9. The SMILES string of the molecule is COc1cccc(-c2nc(Cl)nc(Nc3cccc(Br)c3)n2)c1. The van der Waals surface area contributed by atoms with Crippen molar-refractivity contribution in [1.82, 2.24) is 15.0 Å². The first-order valence-corrected chi connectivity index (χ1v) is 7.90. The van der Waals surface area contributed by atoms with Crippen molar-refractivity contribution in [2.24, 2.45) is 0 Å². The summed E-state index contributed by atoms with van der Waals surface area (Å²) < 4.78 is 6.17. The van der Waals surface area contributed by atoms with E-state index in [9.17, 15) is 0 Å². The van der Waals surface area contributed by atoms with E-state index in [1.807, 2.05) is 48.5 Å². The summed E-state index contributed by atoms with van der Waals surface area (Å²) >= 11 is 9.45. The summed E-state index contributed by atoms with van der Waals surface area (Å²) in [7, 11) is 1.61. The molecule has 3 aromatic rings. The Labute approximate surface area is 146 Å². The van der Waals surface area contributed by atoms with Crippen molar-refractivity contribution in [3.63, 3.8) is 0 Å². The first-order valence-electron chi connectivity index (χ1n) is 6.72. The lowest BCUT2D eigenvalue weighted by molar-refractivity contribution is 0.415. The summed E-state index contributed by atoms with van der Waals surface area (Å²) in [5.41, 5.74) is 1.64. The second-order valence-corrected chi connectivity index (χ2v) is 5.87. The van der Waals surface area contributed by atoms with Crippen LogP contribution in [0.2, 0.25) is 5.28 Å². The number of rotatable bonds is 4. The lowest BCUT2D eigenvalue weighted by atomic mass is 10.2. The van der Waals surface area contributed by atoms with Gasteiger partial charge in [-0.2, -0.15) is 15.0 Å². The van der Waals surface area contributed by atoms with Crippen LogP contribution in [-0.2, 0) is 0 Å². The quantitative estimate of drug-likeness (QED) is 0.698. The van der Waals surface area contributed by atoms with E-state index in [0.717, 1.165) is 21.5 Å². The minimum absolute atomic E-state index is 0.121. The zero-order chi connectivity index (χ0) is 16.2. The van der Waals surface area contributed by atoms with Gasteiger partial charge in [-0.1, -0.05) is 34.1 Å². The standard InChI is InChI=1S/C16H12BrClN4O/c1-23-13-7-2-4-10(8-13)14-20-15(18)22-16(21-14)19-12-6-3-5-11(17)9-12/h2-9H,1H3,(H,19,20,21,22). The highest BCUT2D eigenvalue weighted by Gasteiger charge is 2.09. The van der Waals surface area contributed by atoms with Crippen molar-refractivity contribution in [3.8, 4) is 17.1 Å². The molecule has 0 aliphatic carbocycles. The summed E-state index contributed by atoms with van der Waals surface area (Å²) in [6, 6.07) is 15.1. The van der Waals surface area contributed by atoms with Crippen LogP contribution in [0.15, 0.2) is 53.0 Å². The summed E-state index contributed by atoms with van der Waals surface area (Å²) in [4.78, 5) is 12.7. The maximum absolute atomic E-state index is 6.03. The van der Waals surface area contributed by atoms with Crippen molar-refractivity contribution >= 4 is 39.2 Å². The Morgan fingerprint density at radius 1 is 1.04 bits per heavy atom. The normalized spacial score (nSPS) is 10.4. The number of hydrogen-bond donors (Lipinski definition) is 1. The molecular weight excluding hydrogens is 380 g/mol. The van der Waals surface area contributed by atoms with Crippen molar-refractivity contribution < 1.29 is 4.74 Å². The molecule has 3 rings (SSSR count). The number of halogens is 2. The maximum atomic E-state index is 6.03. The summed E-state index contributed by atoms with van der Waals surface area (Å²) in [5, 5.41) is 3.24. The van der Waals surface area contributed by atoms with Gasteiger partial charge in [0.25, 0.3) is 0 Å². The Morgan fingerprint density at radius 3 is 2.65 bits per heavy atom. The molecule has 0 saturated heterocycles. The fourth-order valence-electron chi connectivity index (χ4n) is 1.99. The van der Waals surface area contributed by atoms with Gasteiger partial charge in [0.05, 0.1) is 7.11 Å². The molecule has 0 bridgehead atoms. The van der Waals surface area contributed by atoms with Gasteiger partial charge in [-0.05, 0) is 41.9 Å². The highest BCUT2D eigenvalue weighted by molar-refractivity contribution is 9.10. The monoisotopic (exact) mass is 390 g/mol. The van der Waals surface area contributed by atoms with Crippen LogP contribution in [0.4, 0.5) is 11.6 Å². The van der Waals surface area contributed by atoms with Gasteiger partial charge in [0.1, 0.15) is 5.75 Å². The van der Waals surface area contributed by atoms with Gasteiger partial charge in [0.2, 0.25) is 11.2 Å². The van der Waals surface area contributed by atoms with Crippen molar-refractivity contribution in [1.29, 1.82) is 0 Å². The molecule has 0 fully saturated rings. The van der Waals surface area contributed by atoms with Crippen LogP contribution in [0.25, 0.3) is 11.4 Å². The Kier molecular flexibility index (Phi) is 4.73. The Hall–Kier alpha value is -2.18. The number of benzene rings is 2. The van der Waals surface area contributed by atoms with E-state index in [-0.39, 0.29) is 5.28 Å². The van der Waals surface area contributed by atoms with E-state index in [1.165, 1.54) is 0 Å². The average molecular weight is 392 g/mol. The van der Waals surface area contributed by atoms with E-state index >= 15 is 0 Å². The van der Waals surface area contributed by atoms with Gasteiger partial charge in [0, 0.05) is 15.7 Å². The fourth-order valence-corrected chi connectivity index (χ4v) is 2.55. The lowest BCUT2D eigenvalue weighted by Gasteiger charge is -2.08. The number of hydrogen-bond acceptors (Lipinski definition) is 5. The second kappa shape index (κ2) is 6.93. The minimum Gasteiger partial charge on any atom is -0.497 e. The van der Waals surface area contributed by atoms with Crippen LogP contribution in [0, 0.1) is 0 Å². The smallest absolute Gasteiger partial charge is 0.232 e. The molecule has 0 saturated carbocycles. The van der Waals surface area contributed by atoms with Crippen LogP contribution in [0.3, 0.4) is 0 Å². The van der Waals surface area contributed by atoms with E-state index in [1.54, 1.807) is 7.11 Å². The number of ether oxygens (including phenoxy) is 1. The number of anilines is 2. The van der Waals surface area contributed by atoms with Gasteiger partial charge in [-0.25, -0.2) is 0 Å². The van der Waals surface area contributed by atoms with Crippen LogP contribution < -0.4 is 10.1 Å². The Morgan fingerprint density at radius 2 is 1.87 bits per heavy atom. The molecular formula is C16H12BrClN4O. The molecule has 1 aromatic heterocycles. The summed E-state index contributed by atoms with van der Waals surface area (Å²) in [5.74, 6) is 1.57. The predicted molar refractivity (Wildman–Crippen MR) is 94.2 cm³/mol. The summed E-state index contributed by atoms with van der Waals surface area (Å²) in [6.45, 7) is 0. The molecule has 1 heterocycles. The molecule has 0 radical (unpaired) electrons. The van der Waals surface area contributed by atoms with Gasteiger partial charge in [-0.15, -0.1) is 0 Å². The molecule has 0 unspecified atom stereocenters. The van der Waals surface area contributed by atoms with Crippen LogP contribution >= 0.6 is 27.5 Å². The first-order chi connectivity index (χ1) is 11.1. The molecule has 7 heteroatoms. The van der Waals surface area contributed by atoms with Crippen molar-refractivity contribution in [2.45, 2.75) is 0 Å². The van der Waals surface area contributed by atoms with Crippen molar-refractivity contribution in [2.75, 3.05) is 12.4 Å². The van der Waals surface area contributed by atoms with Crippen LogP contribution in [0.5, 0.6) is 5.75 Å². The largest absolute Gasteiger partial charge is 0.497 e. The molecule has 5 nitrogen and oxygen atoms in total. The number of aromatic nitrogens is 3. The Balaban J connectivity index is 1.95. The predicted octanol–water partition coefficient (Wildman–Crippen LogP) is 4.71. The molecule has 23 heavy (non-hydrogen) atoms. The molecule has 0 amide bonds. The second-order valence-electron chi connectivity index (χ2n) is 4.62. The van der Waals surface area contributed by atoms with Gasteiger partial charge in [0.15, 0.2) is 5.82 Å². The first kappa shape index (κ1) is 15.7. The van der Waals surface area contributed by atoms with E-state index in [2.05, 4.69) is 36.2 Å². The van der Waals surface area contributed by atoms with E-state index < -0.39 is 0 Å². The van der Waals surface area contributed by atoms with Crippen molar-refractivity contribution in [3.05, 3.63) is 58.3 Å². The molecule has 116 valence electrons. The zero-order valence-corrected chi connectivity index (χ0v) is 14.5. The topological polar surface area (TPSA) is 59.9 Å². The molecule has 2 aromatic carbocycles. The maximum Gasteiger partial charge on any atom is 0.232 e. The summed E-state index contributed by atoms with van der Waals surface area (Å²) in [6.07, 6.45) is 0. The fraction of sp³-hybridized carbons (Fsp3) is 0.0625. The lowest BCUT2D eigenvalue weighted by Crippen LogP contribution is -2.01. The average Bonchev–Trinajstić information content (AvgIpc) is 2.54.